The topological polar surface area (TPSA) is 51.1 Å². The minimum Gasteiger partial charge on any atom is -0.486 e. The third-order valence-electron chi connectivity index (χ3n) is 5.62. The average molecular weight is 421 g/mol. The number of hydrogen-bond acceptors (Lipinski definition) is 5. The number of benzene rings is 2. The lowest BCUT2D eigenvalue weighted by molar-refractivity contribution is -0.124. The van der Waals surface area contributed by atoms with Crippen molar-refractivity contribution in [3.8, 4) is 11.5 Å². The number of ether oxygens (including phenoxy) is 2. The number of fused-ring (bicyclic) bond motifs is 1. The Morgan fingerprint density at radius 1 is 0.967 bits per heavy atom. The largest absolute Gasteiger partial charge is 0.486 e. The van der Waals surface area contributed by atoms with Crippen LogP contribution in [0.1, 0.15) is 37.7 Å². The molecule has 3 aliphatic rings. The second-order valence-corrected chi connectivity index (χ2v) is 8.72. The van der Waals surface area contributed by atoms with Crippen LogP contribution in [-0.4, -0.2) is 35.2 Å². The molecule has 5 nitrogen and oxygen atoms in total. The minimum atomic E-state index is 0.0523. The fourth-order valence-electron chi connectivity index (χ4n) is 4.14. The van der Waals surface area contributed by atoms with Crippen molar-refractivity contribution in [3.05, 3.63) is 59.0 Å². The van der Waals surface area contributed by atoms with E-state index in [1.165, 1.54) is 31.0 Å². The monoisotopic (exact) mass is 420 g/mol. The van der Waals surface area contributed by atoms with Crippen LogP contribution >= 0.6 is 11.8 Å². The maximum atomic E-state index is 13.4. The summed E-state index contributed by atoms with van der Waals surface area (Å²) in [6, 6.07) is 15.9. The Labute approximate surface area is 180 Å². The van der Waals surface area contributed by atoms with Crippen molar-refractivity contribution in [2.75, 3.05) is 13.2 Å². The average Bonchev–Trinajstić information content (AvgIpc) is 3.09. The Bertz CT molecular complexity index is 997. The van der Waals surface area contributed by atoms with Crippen LogP contribution in [0.4, 0.5) is 5.69 Å². The summed E-state index contributed by atoms with van der Waals surface area (Å²) in [7, 11) is 0. The molecule has 0 N–H and O–H groups in total. The van der Waals surface area contributed by atoms with E-state index in [1.807, 2.05) is 59.5 Å². The van der Waals surface area contributed by atoms with Gasteiger partial charge in [0, 0.05) is 6.04 Å². The molecule has 2 fully saturated rings. The molecule has 2 aliphatic heterocycles. The second kappa shape index (κ2) is 8.56. The molecule has 0 bridgehead atoms. The number of amidine groups is 1. The molecule has 0 aromatic heterocycles. The third-order valence-corrected chi connectivity index (χ3v) is 6.60. The molecule has 6 heteroatoms. The smallest absolute Gasteiger partial charge is 0.267 e. The van der Waals surface area contributed by atoms with Gasteiger partial charge in [0.25, 0.3) is 5.91 Å². The highest BCUT2D eigenvalue weighted by Crippen LogP contribution is 2.39. The first kappa shape index (κ1) is 19.2. The second-order valence-electron chi connectivity index (χ2n) is 7.71. The van der Waals surface area contributed by atoms with Crippen LogP contribution in [0, 0.1) is 0 Å². The van der Waals surface area contributed by atoms with Gasteiger partial charge in [-0.05, 0) is 60.5 Å². The zero-order chi connectivity index (χ0) is 20.3. The van der Waals surface area contributed by atoms with E-state index in [2.05, 4.69) is 0 Å². The van der Waals surface area contributed by atoms with Crippen molar-refractivity contribution in [1.82, 2.24) is 4.90 Å². The quantitative estimate of drug-likeness (QED) is 0.625. The summed E-state index contributed by atoms with van der Waals surface area (Å²) in [4.78, 5) is 20.9. The number of amides is 1. The van der Waals surface area contributed by atoms with Crippen molar-refractivity contribution in [1.29, 1.82) is 0 Å². The van der Waals surface area contributed by atoms with Crippen molar-refractivity contribution < 1.29 is 14.3 Å². The van der Waals surface area contributed by atoms with E-state index in [0.29, 0.717) is 18.1 Å². The highest BCUT2D eigenvalue weighted by molar-refractivity contribution is 8.18. The van der Waals surface area contributed by atoms with Gasteiger partial charge in [-0.25, -0.2) is 4.99 Å². The molecule has 2 heterocycles. The van der Waals surface area contributed by atoms with Crippen molar-refractivity contribution in [2.24, 2.45) is 4.99 Å². The Kier molecular flexibility index (Phi) is 5.49. The summed E-state index contributed by atoms with van der Waals surface area (Å²) >= 11 is 1.46. The van der Waals surface area contributed by atoms with Gasteiger partial charge in [-0.3, -0.25) is 9.69 Å². The highest BCUT2D eigenvalue weighted by atomic mass is 32.2. The SMILES string of the molecule is O=C1/C(=C/c2ccc3c(c2)OCCO3)S/C(=N\c2ccccc2)N1C1CCCCC1. The number of thioether (sulfide) groups is 1. The van der Waals surface area contributed by atoms with E-state index in [-0.39, 0.29) is 11.9 Å². The first-order valence-electron chi connectivity index (χ1n) is 10.5. The Hall–Kier alpha value is -2.73. The number of aliphatic imine (C=N–C) groups is 1. The molecular formula is C24H24N2O3S. The molecule has 1 saturated heterocycles. The molecule has 30 heavy (non-hydrogen) atoms. The fraction of sp³-hybridized carbons (Fsp3) is 0.333. The highest BCUT2D eigenvalue weighted by Gasteiger charge is 2.38. The van der Waals surface area contributed by atoms with Crippen LogP contribution in [0.3, 0.4) is 0 Å². The summed E-state index contributed by atoms with van der Waals surface area (Å²) in [5.41, 5.74) is 1.80. The molecule has 0 atom stereocenters. The number of rotatable bonds is 3. The lowest BCUT2D eigenvalue weighted by atomic mass is 9.94. The van der Waals surface area contributed by atoms with E-state index >= 15 is 0 Å². The summed E-state index contributed by atoms with van der Waals surface area (Å²) in [5.74, 6) is 1.54. The van der Waals surface area contributed by atoms with Crippen LogP contribution in [0.25, 0.3) is 6.08 Å². The van der Waals surface area contributed by atoms with Crippen LogP contribution in [0.15, 0.2) is 58.4 Å². The summed E-state index contributed by atoms with van der Waals surface area (Å²) in [5, 5.41) is 0.780. The van der Waals surface area contributed by atoms with Gasteiger partial charge >= 0.3 is 0 Å². The zero-order valence-corrected chi connectivity index (χ0v) is 17.6. The maximum Gasteiger partial charge on any atom is 0.267 e. The van der Waals surface area contributed by atoms with Gasteiger partial charge in [0.05, 0.1) is 10.6 Å². The predicted octanol–water partition coefficient (Wildman–Crippen LogP) is 5.39. The van der Waals surface area contributed by atoms with E-state index in [1.54, 1.807) is 0 Å². The van der Waals surface area contributed by atoms with Gasteiger partial charge in [0.2, 0.25) is 0 Å². The standard InChI is InChI=1S/C24H24N2O3S/c27-23-22(16-17-11-12-20-21(15-17)29-14-13-28-20)30-24(25-18-7-3-1-4-8-18)26(23)19-9-5-2-6-10-19/h1,3-4,7-8,11-12,15-16,19H,2,5-6,9-10,13-14H2/b22-16-,25-24-. The fourth-order valence-corrected chi connectivity index (χ4v) is 5.20. The molecule has 0 spiro atoms. The maximum absolute atomic E-state index is 13.4. The number of hydrogen-bond donors (Lipinski definition) is 0. The molecule has 154 valence electrons. The first-order valence-corrected chi connectivity index (χ1v) is 11.4. The number of carbonyl (C=O) groups excluding carboxylic acids is 1. The summed E-state index contributed by atoms with van der Waals surface area (Å²) < 4.78 is 11.3. The molecular weight excluding hydrogens is 396 g/mol. The lowest BCUT2D eigenvalue weighted by Crippen LogP contribution is -2.40. The van der Waals surface area contributed by atoms with Gasteiger partial charge in [-0.2, -0.15) is 0 Å². The third kappa shape index (κ3) is 3.97. The van der Waals surface area contributed by atoms with Gasteiger partial charge in [0.1, 0.15) is 13.2 Å². The lowest BCUT2D eigenvalue weighted by Gasteiger charge is -2.30. The van der Waals surface area contributed by atoms with Gasteiger partial charge in [-0.15, -0.1) is 0 Å². The van der Waals surface area contributed by atoms with Crippen molar-refractivity contribution in [3.63, 3.8) is 0 Å². The normalized spacial score (nSPS) is 22.1. The number of nitrogens with zero attached hydrogens (tertiary/aromatic N) is 2. The van der Waals surface area contributed by atoms with Gasteiger partial charge in [-0.1, -0.05) is 43.5 Å². The number of carbonyl (C=O) groups is 1. The molecule has 0 radical (unpaired) electrons. The van der Waals surface area contributed by atoms with Crippen molar-refractivity contribution in [2.45, 2.75) is 38.1 Å². The molecule has 1 amide bonds. The van der Waals surface area contributed by atoms with E-state index in [4.69, 9.17) is 14.5 Å². The molecule has 1 saturated carbocycles. The van der Waals surface area contributed by atoms with Gasteiger partial charge < -0.3 is 9.47 Å². The Morgan fingerprint density at radius 2 is 1.73 bits per heavy atom. The van der Waals surface area contributed by atoms with Gasteiger partial charge in [0.15, 0.2) is 16.7 Å². The molecule has 0 unspecified atom stereocenters. The zero-order valence-electron chi connectivity index (χ0n) is 16.8. The van der Waals surface area contributed by atoms with Crippen LogP contribution in [0.2, 0.25) is 0 Å². The summed E-state index contributed by atoms with van der Waals surface area (Å²) in [6.45, 7) is 1.11. The van der Waals surface area contributed by atoms with Crippen LogP contribution in [-0.2, 0) is 4.79 Å². The molecule has 2 aromatic rings. The van der Waals surface area contributed by atoms with E-state index < -0.39 is 0 Å². The molecule has 1 aliphatic carbocycles. The molecule has 5 rings (SSSR count). The first-order chi connectivity index (χ1) is 14.8. The Morgan fingerprint density at radius 3 is 2.53 bits per heavy atom. The van der Waals surface area contributed by atoms with Crippen molar-refractivity contribution >= 4 is 34.6 Å². The Balaban J connectivity index is 1.48. The van der Waals surface area contributed by atoms with Crippen LogP contribution in [0.5, 0.6) is 11.5 Å². The molecule has 2 aromatic carbocycles. The van der Waals surface area contributed by atoms with E-state index in [9.17, 15) is 4.79 Å². The predicted molar refractivity (Wildman–Crippen MR) is 120 cm³/mol. The van der Waals surface area contributed by atoms with Crippen LogP contribution < -0.4 is 9.47 Å². The summed E-state index contributed by atoms with van der Waals surface area (Å²) in [6.07, 6.45) is 7.60. The van der Waals surface area contributed by atoms with E-state index in [0.717, 1.165) is 40.8 Å². The number of para-hydroxylation sites is 1. The minimum absolute atomic E-state index is 0.0523.